The molecule has 450 valence electrons. The number of carbonyl (C=O) groups excluding carboxylic acids is 2. The van der Waals surface area contributed by atoms with Gasteiger partial charge < -0.3 is 64.2 Å². The van der Waals surface area contributed by atoms with E-state index in [1.807, 2.05) is 0 Å². The van der Waals surface area contributed by atoms with Crippen LogP contribution < -0.4 is 0 Å². The number of hydrogen-bond acceptors (Lipinski definition) is 15. The van der Waals surface area contributed by atoms with Crippen LogP contribution in [0.1, 0.15) is 284 Å². The average Bonchev–Trinajstić information content (AvgIpc) is 3.41. The Bertz CT molecular complexity index is 1320. The number of hydrogen-bond donors (Lipinski definition) is 7. The van der Waals surface area contributed by atoms with Crippen LogP contribution in [-0.2, 0) is 38.0 Å². The summed E-state index contributed by atoms with van der Waals surface area (Å²) in [6.07, 6.45) is 34.1. The standard InChI is InChI=1S/C61H116O15/c1-3-5-7-9-11-13-15-17-19-21-22-23-24-25-26-28-30-32-34-36-38-40-42-44-53(64)74-49(46-71-52(63)43-41-39-37-35-33-31-29-27-20-18-16-14-12-10-8-6-4-2)47-72-60-59(70)57(68)55(66)51(76-60)48-73-61-58(69)56(67)54(65)50(45-62)75-61/h49-51,54-62,65-70H,3-48H2,1-2H3. The van der Waals surface area contributed by atoms with Gasteiger partial charge in [-0.1, -0.05) is 258 Å². The predicted octanol–water partition coefficient (Wildman–Crippen LogP) is 11.5. The number of aliphatic hydroxyl groups is 7. The maximum Gasteiger partial charge on any atom is 0.306 e. The van der Waals surface area contributed by atoms with Gasteiger partial charge in [0.1, 0.15) is 55.4 Å². The normalized spacial score (nSPS) is 24.2. The highest BCUT2D eigenvalue weighted by molar-refractivity contribution is 5.70. The average molecular weight is 1090 g/mol. The first kappa shape index (κ1) is 70.6. The summed E-state index contributed by atoms with van der Waals surface area (Å²) in [4.78, 5) is 26.0. The molecule has 11 atom stereocenters. The molecular formula is C61H116O15. The summed E-state index contributed by atoms with van der Waals surface area (Å²) in [6.45, 7) is 2.67. The molecule has 2 saturated heterocycles. The second kappa shape index (κ2) is 48.2. The van der Waals surface area contributed by atoms with Crippen molar-refractivity contribution < 1.29 is 73.8 Å². The van der Waals surface area contributed by atoms with Gasteiger partial charge in [0.05, 0.1) is 19.8 Å². The van der Waals surface area contributed by atoms with E-state index >= 15 is 0 Å². The summed E-state index contributed by atoms with van der Waals surface area (Å²) in [5.74, 6) is -0.901. The Labute approximate surface area is 461 Å². The van der Waals surface area contributed by atoms with E-state index in [4.69, 9.17) is 28.4 Å². The highest BCUT2D eigenvalue weighted by Gasteiger charge is 2.47. The quantitative estimate of drug-likeness (QED) is 0.0222. The van der Waals surface area contributed by atoms with Crippen LogP contribution in [-0.4, -0.2) is 142 Å². The van der Waals surface area contributed by atoms with Gasteiger partial charge >= 0.3 is 11.9 Å². The molecule has 0 saturated carbocycles. The summed E-state index contributed by atoms with van der Waals surface area (Å²) in [5, 5.41) is 72.4. The van der Waals surface area contributed by atoms with Crippen LogP contribution in [0.2, 0.25) is 0 Å². The SMILES string of the molecule is CCCCCCCCCCCCCCCCCCCCCCCCCC(=O)OC(COC(=O)CCCCCCCCCCCCCCCCCCC)COC1OC(COC2OC(CO)C(O)C(O)C2O)C(O)C(O)C1O. The highest BCUT2D eigenvalue weighted by atomic mass is 16.7. The zero-order valence-corrected chi connectivity index (χ0v) is 48.3. The molecule has 11 unspecified atom stereocenters. The van der Waals surface area contributed by atoms with E-state index in [1.54, 1.807) is 0 Å². The van der Waals surface area contributed by atoms with E-state index in [9.17, 15) is 45.3 Å². The molecule has 2 heterocycles. The van der Waals surface area contributed by atoms with Crippen molar-refractivity contribution in [2.45, 2.75) is 351 Å². The third-order valence-electron chi connectivity index (χ3n) is 15.6. The minimum absolute atomic E-state index is 0.174. The van der Waals surface area contributed by atoms with Crippen molar-refractivity contribution >= 4 is 11.9 Å². The Morgan fingerprint density at radius 3 is 1.03 bits per heavy atom. The van der Waals surface area contributed by atoms with Crippen molar-refractivity contribution in [2.75, 3.05) is 26.4 Å². The Balaban J connectivity index is 1.70. The zero-order chi connectivity index (χ0) is 55.3. The molecule has 15 heteroatoms. The van der Waals surface area contributed by atoms with Crippen LogP contribution >= 0.6 is 0 Å². The smallest absolute Gasteiger partial charge is 0.306 e. The third kappa shape index (κ3) is 34.6. The van der Waals surface area contributed by atoms with E-state index in [-0.39, 0.29) is 26.1 Å². The fourth-order valence-electron chi connectivity index (χ4n) is 10.5. The van der Waals surface area contributed by atoms with Crippen molar-refractivity contribution in [3.05, 3.63) is 0 Å². The minimum Gasteiger partial charge on any atom is -0.462 e. The van der Waals surface area contributed by atoms with E-state index in [2.05, 4.69) is 13.8 Å². The fraction of sp³-hybridized carbons (Fsp3) is 0.967. The molecule has 0 bridgehead atoms. The van der Waals surface area contributed by atoms with Crippen molar-refractivity contribution in [3.8, 4) is 0 Å². The first-order valence-corrected chi connectivity index (χ1v) is 31.6. The maximum absolute atomic E-state index is 13.1. The summed E-state index contributed by atoms with van der Waals surface area (Å²) in [7, 11) is 0. The van der Waals surface area contributed by atoms with Gasteiger partial charge in [-0.15, -0.1) is 0 Å². The molecule has 15 nitrogen and oxygen atoms in total. The Morgan fingerprint density at radius 2 is 0.671 bits per heavy atom. The summed E-state index contributed by atoms with van der Waals surface area (Å²) >= 11 is 0. The summed E-state index contributed by atoms with van der Waals surface area (Å²) in [6, 6.07) is 0. The van der Waals surface area contributed by atoms with Crippen molar-refractivity contribution in [1.29, 1.82) is 0 Å². The van der Waals surface area contributed by atoms with Gasteiger partial charge in [-0.05, 0) is 12.8 Å². The highest BCUT2D eigenvalue weighted by Crippen LogP contribution is 2.27. The van der Waals surface area contributed by atoms with Crippen LogP contribution in [0, 0.1) is 0 Å². The lowest BCUT2D eigenvalue weighted by Crippen LogP contribution is -2.61. The first-order chi connectivity index (χ1) is 37.0. The minimum atomic E-state index is -1.76. The molecule has 0 spiro atoms. The van der Waals surface area contributed by atoms with Crippen LogP contribution in [0.25, 0.3) is 0 Å². The second-order valence-corrected chi connectivity index (χ2v) is 22.6. The van der Waals surface area contributed by atoms with Gasteiger partial charge in [-0.2, -0.15) is 0 Å². The van der Waals surface area contributed by atoms with Gasteiger partial charge in [0, 0.05) is 12.8 Å². The number of carbonyl (C=O) groups is 2. The molecule has 0 aromatic heterocycles. The van der Waals surface area contributed by atoms with E-state index in [0.717, 1.165) is 38.5 Å². The van der Waals surface area contributed by atoms with Crippen LogP contribution in [0.15, 0.2) is 0 Å². The number of unbranched alkanes of at least 4 members (excludes halogenated alkanes) is 38. The molecular weight excluding hydrogens is 973 g/mol. The monoisotopic (exact) mass is 1090 g/mol. The van der Waals surface area contributed by atoms with Crippen LogP contribution in [0.5, 0.6) is 0 Å². The molecule has 0 radical (unpaired) electrons. The zero-order valence-electron chi connectivity index (χ0n) is 48.3. The molecule has 2 rings (SSSR count). The Morgan fingerprint density at radius 1 is 0.368 bits per heavy atom. The molecule has 0 aliphatic carbocycles. The maximum atomic E-state index is 13.1. The van der Waals surface area contributed by atoms with Crippen molar-refractivity contribution in [1.82, 2.24) is 0 Å². The lowest BCUT2D eigenvalue weighted by molar-refractivity contribution is -0.332. The molecule has 76 heavy (non-hydrogen) atoms. The van der Waals surface area contributed by atoms with Crippen molar-refractivity contribution in [2.24, 2.45) is 0 Å². The summed E-state index contributed by atoms with van der Waals surface area (Å²) < 4.78 is 33.8. The molecule has 2 aliphatic rings. The predicted molar refractivity (Wildman–Crippen MR) is 298 cm³/mol. The van der Waals surface area contributed by atoms with Crippen molar-refractivity contribution in [3.63, 3.8) is 0 Å². The molecule has 2 aliphatic heterocycles. The molecule has 0 amide bonds. The molecule has 0 aromatic rings. The Hall–Kier alpha value is -1.50. The van der Waals surface area contributed by atoms with E-state index < -0.39 is 92.7 Å². The lowest BCUT2D eigenvalue weighted by atomic mass is 9.98. The third-order valence-corrected chi connectivity index (χ3v) is 15.6. The van der Waals surface area contributed by atoms with Gasteiger partial charge in [-0.25, -0.2) is 0 Å². The Kier molecular flexibility index (Phi) is 44.8. The first-order valence-electron chi connectivity index (χ1n) is 31.6. The molecule has 2 fully saturated rings. The number of esters is 2. The number of aliphatic hydroxyl groups excluding tert-OH is 7. The molecule has 0 aromatic carbocycles. The largest absolute Gasteiger partial charge is 0.462 e. The topological polar surface area (TPSA) is 231 Å². The number of rotatable bonds is 52. The van der Waals surface area contributed by atoms with Crippen LogP contribution in [0.4, 0.5) is 0 Å². The number of ether oxygens (including phenoxy) is 6. The van der Waals surface area contributed by atoms with Gasteiger partial charge in [0.2, 0.25) is 0 Å². The van der Waals surface area contributed by atoms with Gasteiger partial charge in [-0.3, -0.25) is 9.59 Å². The van der Waals surface area contributed by atoms with Gasteiger partial charge in [0.15, 0.2) is 18.7 Å². The van der Waals surface area contributed by atoms with Crippen LogP contribution in [0.3, 0.4) is 0 Å². The van der Waals surface area contributed by atoms with E-state index in [1.165, 1.54) is 205 Å². The van der Waals surface area contributed by atoms with Gasteiger partial charge in [0.25, 0.3) is 0 Å². The molecule has 7 N–H and O–H groups in total. The van der Waals surface area contributed by atoms with E-state index in [0.29, 0.717) is 12.8 Å². The second-order valence-electron chi connectivity index (χ2n) is 22.6. The lowest BCUT2D eigenvalue weighted by Gasteiger charge is -2.42. The fourth-order valence-corrected chi connectivity index (χ4v) is 10.5. The summed E-state index contributed by atoms with van der Waals surface area (Å²) in [5.41, 5.74) is 0.